The van der Waals surface area contributed by atoms with Crippen molar-refractivity contribution in [2.45, 2.75) is 18.5 Å². The van der Waals surface area contributed by atoms with E-state index in [4.69, 9.17) is 11.6 Å². The van der Waals surface area contributed by atoms with Crippen LogP contribution in [0.5, 0.6) is 0 Å². The summed E-state index contributed by atoms with van der Waals surface area (Å²) in [5.74, 6) is -0.246. The molecule has 2 heterocycles. The van der Waals surface area contributed by atoms with Crippen molar-refractivity contribution in [1.82, 2.24) is 0 Å². The zero-order chi connectivity index (χ0) is 22.8. The topological polar surface area (TPSA) is 46.3 Å². The Kier molecular flexibility index (Phi) is 6.27. The van der Waals surface area contributed by atoms with E-state index < -0.39 is 0 Å². The number of carbonyl (C=O) groups excluding carboxylic acids is 2. The number of carbonyl (C=O) groups is 2. The molecule has 2 amide bonds. The fourth-order valence-electron chi connectivity index (χ4n) is 5.32. The monoisotopic (exact) mass is 461 g/mol. The molecule has 2 N–H and O–H groups in total. The van der Waals surface area contributed by atoms with E-state index in [9.17, 15) is 9.59 Å². The largest absolute Gasteiger partial charge is 0.316 e. The molecule has 1 unspecified atom stereocenters. The predicted molar refractivity (Wildman–Crippen MR) is 128 cm³/mol. The molecule has 2 aliphatic rings. The van der Waals surface area contributed by atoms with E-state index in [0.29, 0.717) is 10.7 Å². The Morgan fingerprint density at radius 1 is 0.788 bits per heavy atom. The summed E-state index contributed by atoms with van der Waals surface area (Å²) in [6, 6.07) is 28.2. The lowest BCUT2D eigenvalue weighted by molar-refractivity contribution is -1.03. The van der Waals surface area contributed by atoms with Crippen molar-refractivity contribution in [2.75, 3.05) is 31.1 Å². The first-order chi connectivity index (χ1) is 16.1. The quantitative estimate of drug-likeness (QED) is 0.566. The minimum absolute atomic E-state index is 0.108. The number of hydrogen-bond donors (Lipinski definition) is 2. The second kappa shape index (κ2) is 9.48. The van der Waals surface area contributed by atoms with Crippen molar-refractivity contribution < 1.29 is 19.4 Å². The van der Waals surface area contributed by atoms with Crippen LogP contribution in [-0.4, -0.2) is 44.0 Å². The summed E-state index contributed by atoms with van der Waals surface area (Å²) in [5, 5.41) is 0.522. The van der Waals surface area contributed by atoms with Crippen molar-refractivity contribution in [1.29, 1.82) is 0 Å². The Morgan fingerprint density at radius 3 is 1.97 bits per heavy atom. The minimum atomic E-state index is -0.315. The number of nitrogens with one attached hydrogen (secondary N) is 2. The average Bonchev–Trinajstić information content (AvgIpc) is 3.15. The summed E-state index contributed by atoms with van der Waals surface area (Å²) in [6.07, 6.45) is 0.261. The molecule has 2 fully saturated rings. The molecule has 0 spiro atoms. The number of piperazine rings is 1. The highest BCUT2D eigenvalue weighted by Gasteiger charge is 2.47. The normalized spacial score (nSPS) is 23.3. The van der Waals surface area contributed by atoms with Crippen molar-refractivity contribution in [3.63, 3.8) is 0 Å². The number of anilines is 1. The Hall–Kier alpha value is -2.99. The van der Waals surface area contributed by atoms with Crippen molar-refractivity contribution in [3.05, 3.63) is 101 Å². The van der Waals surface area contributed by atoms with Gasteiger partial charge in [0.25, 0.3) is 5.91 Å². The molecule has 168 valence electrons. The van der Waals surface area contributed by atoms with E-state index in [1.54, 1.807) is 24.3 Å². The number of hydrogen-bond acceptors (Lipinski definition) is 2. The maximum absolute atomic E-state index is 13.2. The molecule has 0 aliphatic carbocycles. The first kappa shape index (κ1) is 21.8. The smallest absolute Gasteiger partial charge is 0.292 e. The van der Waals surface area contributed by atoms with E-state index in [0.717, 1.165) is 26.2 Å². The molecule has 3 aromatic rings. The number of nitrogens with zero attached hydrogens (tertiary/aromatic N) is 1. The Labute approximate surface area is 199 Å². The molecule has 0 bridgehead atoms. The first-order valence-corrected chi connectivity index (χ1v) is 11.9. The Bertz CT molecular complexity index is 1090. The van der Waals surface area contributed by atoms with Gasteiger partial charge >= 0.3 is 0 Å². The minimum Gasteiger partial charge on any atom is -0.316 e. The summed E-state index contributed by atoms with van der Waals surface area (Å²) in [7, 11) is 0. The molecule has 0 aromatic heterocycles. The van der Waals surface area contributed by atoms with Gasteiger partial charge in [-0.05, 0) is 18.2 Å². The molecular formula is C27H28ClN3O2+2. The summed E-state index contributed by atoms with van der Waals surface area (Å²) < 4.78 is 0. The molecule has 2 aliphatic heterocycles. The molecule has 5 rings (SSSR count). The van der Waals surface area contributed by atoms with Crippen LogP contribution in [-0.2, 0) is 9.59 Å². The average molecular weight is 462 g/mol. The van der Waals surface area contributed by atoms with Crippen molar-refractivity contribution in [2.24, 2.45) is 0 Å². The van der Waals surface area contributed by atoms with Crippen LogP contribution < -0.4 is 14.7 Å². The van der Waals surface area contributed by atoms with Crippen LogP contribution >= 0.6 is 11.6 Å². The van der Waals surface area contributed by atoms with Gasteiger partial charge in [-0.3, -0.25) is 9.59 Å². The number of amides is 2. The van der Waals surface area contributed by atoms with Gasteiger partial charge in [0.2, 0.25) is 5.91 Å². The van der Waals surface area contributed by atoms with Crippen molar-refractivity contribution >= 4 is 29.1 Å². The lowest BCUT2D eigenvalue weighted by atomic mass is 9.96. The lowest BCUT2D eigenvalue weighted by Gasteiger charge is -2.36. The third kappa shape index (κ3) is 4.44. The Balaban J connectivity index is 1.31. The van der Waals surface area contributed by atoms with E-state index in [1.807, 2.05) is 0 Å². The van der Waals surface area contributed by atoms with Crippen LogP contribution in [0.15, 0.2) is 84.9 Å². The summed E-state index contributed by atoms with van der Waals surface area (Å²) in [6.45, 7) is 3.61. The highest BCUT2D eigenvalue weighted by atomic mass is 35.5. The van der Waals surface area contributed by atoms with Gasteiger partial charge in [-0.2, -0.15) is 0 Å². The fraction of sp³-hybridized carbons (Fsp3) is 0.259. The van der Waals surface area contributed by atoms with E-state index in [2.05, 4.69) is 60.7 Å². The van der Waals surface area contributed by atoms with E-state index in [-0.39, 0.29) is 30.3 Å². The number of rotatable bonds is 5. The number of imide groups is 1. The second-order valence-corrected chi connectivity index (χ2v) is 9.31. The van der Waals surface area contributed by atoms with Gasteiger partial charge in [-0.1, -0.05) is 78.3 Å². The van der Waals surface area contributed by atoms with Crippen LogP contribution in [0.1, 0.15) is 23.6 Å². The molecule has 6 heteroatoms. The number of quaternary nitrogens is 2. The van der Waals surface area contributed by atoms with Crippen LogP contribution in [0, 0.1) is 0 Å². The molecule has 0 saturated carbocycles. The number of benzene rings is 3. The van der Waals surface area contributed by atoms with Crippen LogP contribution in [0.25, 0.3) is 0 Å². The zero-order valence-corrected chi connectivity index (χ0v) is 19.2. The van der Waals surface area contributed by atoms with Gasteiger partial charge in [0.15, 0.2) is 6.04 Å². The van der Waals surface area contributed by atoms with E-state index >= 15 is 0 Å². The van der Waals surface area contributed by atoms with Gasteiger partial charge in [0, 0.05) is 16.1 Å². The molecule has 0 radical (unpaired) electrons. The fourth-order valence-corrected chi connectivity index (χ4v) is 5.51. The first-order valence-electron chi connectivity index (χ1n) is 11.5. The molecule has 33 heavy (non-hydrogen) atoms. The Morgan fingerprint density at radius 2 is 1.39 bits per heavy atom. The van der Waals surface area contributed by atoms with Gasteiger partial charge in [0.05, 0.1) is 12.1 Å². The maximum atomic E-state index is 13.2. The van der Waals surface area contributed by atoms with Crippen LogP contribution in [0.2, 0.25) is 5.02 Å². The highest BCUT2D eigenvalue weighted by Crippen LogP contribution is 2.25. The van der Waals surface area contributed by atoms with Crippen LogP contribution in [0.3, 0.4) is 0 Å². The lowest BCUT2D eigenvalue weighted by Crippen LogP contribution is -3.30. The highest BCUT2D eigenvalue weighted by molar-refractivity contribution is 6.31. The summed E-state index contributed by atoms with van der Waals surface area (Å²) >= 11 is 6.09. The molecular weight excluding hydrogens is 434 g/mol. The zero-order valence-electron chi connectivity index (χ0n) is 18.4. The van der Waals surface area contributed by atoms with Crippen LogP contribution in [0.4, 0.5) is 5.69 Å². The third-order valence-corrected chi connectivity index (χ3v) is 7.15. The second-order valence-electron chi connectivity index (χ2n) is 8.87. The molecule has 1 atom stereocenters. The van der Waals surface area contributed by atoms with Gasteiger partial charge in [-0.25, -0.2) is 4.90 Å². The molecule has 2 saturated heterocycles. The predicted octanol–water partition coefficient (Wildman–Crippen LogP) is 1.54. The molecule has 3 aromatic carbocycles. The van der Waals surface area contributed by atoms with Gasteiger partial charge in [0.1, 0.15) is 32.2 Å². The third-order valence-electron chi connectivity index (χ3n) is 6.91. The summed E-state index contributed by atoms with van der Waals surface area (Å²) in [5.41, 5.74) is 3.18. The van der Waals surface area contributed by atoms with Crippen molar-refractivity contribution in [3.8, 4) is 0 Å². The summed E-state index contributed by atoms with van der Waals surface area (Å²) in [4.78, 5) is 30.0. The SMILES string of the molecule is O=C1CC([NH+]2CC[NH+](C(c3ccccc3)c3ccccc3)CC2)C(=O)N1c1cccc(Cl)c1. The number of halogens is 1. The van der Waals surface area contributed by atoms with Gasteiger partial charge < -0.3 is 9.80 Å². The standard InChI is InChI=1S/C27H26ClN3O2/c28-22-12-7-13-23(18-22)31-25(32)19-24(27(31)33)29-14-16-30(17-15-29)26(20-8-3-1-4-9-20)21-10-5-2-6-11-21/h1-13,18,24,26H,14-17,19H2/p+2. The molecule has 5 nitrogen and oxygen atoms in total. The van der Waals surface area contributed by atoms with E-state index in [1.165, 1.54) is 25.8 Å². The van der Waals surface area contributed by atoms with Gasteiger partial charge in [-0.15, -0.1) is 0 Å². The maximum Gasteiger partial charge on any atom is 0.292 e.